The van der Waals surface area contributed by atoms with E-state index in [1.54, 1.807) is 0 Å². The second kappa shape index (κ2) is 7.35. The molecule has 0 aromatic heterocycles. The first-order chi connectivity index (χ1) is 13.1. The number of hydrogen-bond acceptors (Lipinski definition) is 3. The largest absolute Gasteiger partial charge is 0.352 e. The van der Waals surface area contributed by atoms with E-state index < -0.39 is 0 Å². The van der Waals surface area contributed by atoms with Gasteiger partial charge in [-0.1, -0.05) is 48.6 Å². The molecule has 1 aliphatic carbocycles. The number of nitrogens with one attached hydrogen (secondary N) is 1. The van der Waals surface area contributed by atoms with E-state index >= 15 is 0 Å². The van der Waals surface area contributed by atoms with Crippen molar-refractivity contribution in [3.05, 3.63) is 60.2 Å². The van der Waals surface area contributed by atoms with Gasteiger partial charge in [-0.3, -0.25) is 19.3 Å². The highest BCUT2D eigenvalue weighted by molar-refractivity contribution is 6.05. The van der Waals surface area contributed by atoms with Gasteiger partial charge in [0.25, 0.3) is 0 Å². The van der Waals surface area contributed by atoms with Crippen LogP contribution in [-0.4, -0.2) is 29.2 Å². The van der Waals surface area contributed by atoms with Crippen LogP contribution in [-0.2, 0) is 20.9 Å². The third kappa shape index (κ3) is 3.50. The lowest BCUT2D eigenvalue weighted by atomic mass is 9.85. The molecule has 0 saturated carbocycles. The van der Waals surface area contributed by atoms with Crippen LogP contribution in [0.3, 0.4) is 0 Å². The van der Waals surface area contributed by atoms with Crippen LogP contribution in [0.1, 0.15) is 24.8 Å². The number of fused-ring (bicyclic) bond motifs is 2. The van der Waals surface area contributed by atoms with Gasteiger partial charge in [-0.2, -0.15) is 0 Å². The van der Waals surface area contributed by atoms with Crippen LogP contribution in [0, 0.1) is 11.8 Å². The smallest absolute Gasteiger partial charge is 0.233 e. The minimum absolute atomic E-state index is 0.128. The van der Waals surface area contributed by atoms with Crippen molar-refractivity contribution < 1.29 is 14.4 Å². The second-order valence-electron chi connectivity index (χ2n) is 7.19. The minimum Gasteiger partial charge on any atom is -0.352 e. The molecular formula is C22H22N2O3. The average Bonchev–Trinajstić information content (AvgIpc) is 2.95. The number of carbonyl (C=O) groups excluding carboxylic acids is 3. The van der Waals surface area contributed by atoms with Gasteiger partial charge in [0.15, 0.2) is 0 Å². The van der Waals surface area contributed by atoms with Crippen molar-refractivity contribution >= 4 is 28.5 Å². The molecule has 2 atom stereocenters. The zero-order valence-electron chi connectivity index (χ0n) is 15.1. The molecule has 1 fully saturated rings. The lowest BCUT2D eigenvalue weighted by Gasteiger charge is -2.14. The molecule has 138 valence electrons. The quantitative estimate of drug-likeness (QED) is 0.657. The molecule has 1 aliphatic heterocycles. The van der Waals surface area contributed by atoms with Gasteiger partial charge in [0, 0.05) is 19.5 Å². The van der Waals surface area contributed by atoms with Crippen LogP contribution in [0.4, 0.5) is 0 Å². The SMILES string of the molecule is O=C(CCN1C(=O)[C@H]2CC=CC[C@H]2C1=O)NCc1ccc2ccccc2c1. The molecule has 1 N–H and O–H groups in total. The fraction of sp³-hybridized carbons (Fsp3) is 0.318. The summed E-state index contributed by atoms with van der Waals surface area (Å²) in [6.45, 7) is 0.592. The van der Waals surface area contributed by atoms with Crippen molar-refractivity contribution in [3.8, 4) is 0 Å². The molecule has 5 nitrogen and oxygen atoms in total. The molecule has 4 rings (SSSR count). The van der Waals surface area contributed by atoms with Crippen LogP contribution in [0.2, 0.25) is 0 Å². The number of allylic oxidation sites excluding steroid dienone is 2. The van der Waals surface area contributed by atoms with E-state index in [0.717, 1.165) is 16.3 Å². The van der Waals surface area contributed by atoms with Gasteiger partial charge in [-0.15, -0.1) is 0 Å². The number of amides is 3. The van der Waals surface area contributed by atoms with Gasteiger partial charge >= 0.3 is 0 Å². The number of imide groups is 1. The molecule has 2 aliphatic rings. The summed E-state index contributed by atoms with van der Waals surface area (Å²) in [6, 6.07) is 14.2. The monoisotopic (exact) mass is 362 g/mol. The van der Waals surface area contributed by atoms with E-state index in [0.29, 0.717) is 19.4 Å². The van der Waals surface area contributed by atoms with Crippen molar-refractivity contribution in [2.45, 2.75) is 25.8 Å². The van der Waals surface area contributed by atoms with Gasteiger partial charge < -0.3 is 5.32 Å². The van der Waals surface area contributed by atoms with Gasteiger partial charge in [-0.05, 0) is 35.2 Å². The molecule has 1 heterocycles. The van der Waals surface area contributed by atoms with E-state index in [1.807, 2.05) is 42.5 Å². The third-order valence-corrected chi connectivity index (χ3v) is 5.46. The van der Waals surface area contributed by atoms with E-state index in [1.165, 1.54) is 4.90 Å². The molecule has 0 bridgehead atoms. The Balaban J connectivity index is 1.30. The van der Waals surface area contributed by atoms with Crippen LogP contribution < -0.4 is 5.32 Å². The Morgan fingerprint density at radius 2 is 1.63 bits per heavy atom. The fourth-order valence-electron chi connectivity index (χ4n) is 3.94. The van der Waals surface area contributed by atoms with Gasteiger partial charge in [0.05, 0.1) is 11.8 Å². The first-order valence-corrected chi connectivity index (χ1v) is 9.38. The highest BCUT2D eigenvalue weighted by atomic mass is 16.2. The molecule has 5 heteroatoms. The lowest BCUT2D eigenvalue weighted by Crippen LogP contribution is -2.35. The number of likely N-dealkylation sites (tertiary alicyclic amines) is 1. The zero-order chi connectivity index (χ0) is 18.8. The summed E-state index contributed by atoms with van der Waals surface area (Å²) >= 11 is 0. The van der Waals surface area contributed by atoms with Crippen molar-refractivity contribution in [3.63, 3.8) is 0 Å². The van der Waals surface area contributed by atoms with Gasteiger partial charge in [0.2, 0.25) is 17.7 Å². The minimum atomic E-state index is -0.233. The topological polar surface area (TPSA) is 66.5 Å². The average molecular weight is 362 g/mol. The molecule has 3 amide bonds. The van der Waals surface area contributed by atoms with Crippen molar-refractivity contribution in [1.82, 2.24) is 10.2 Å². The van der Waals surface area contributed by atoms with Crippen molar-refractivity contribution in [2.24, 2.45) is 11.8 Å². The molecule has 2 aromatic carbocycles. The first-order valence-electron chi connectivity index (χ1n) is 9.38. The van der Waals surface area contributed by atoms with Crippen molar-refractivity contribution in [2.75, 3.05) is 6.54 Å². The van der Waals surface area contributed by atoms with E-state index in [4.69, 9.17) is 0 Å². The summed E-state index contributed by atoms with van der Waals surface area (Å²) in [5.74, 6) is -0.878. The number of benzene rings is 2. The predicted molar refractivity (Wildman–Crippen MR) is 102 cm³/mol. The summed E-state index contributed by atoms with van der Waals surface area (Å²) in [5.41, 5.74) is 1.02. The van der Waals surface area contributed by atoms with Crippen LogP contribution in [0.25, 0.3) is 10.8 Å². The Kier molecular flexibility index (Phi) is 4.75. The Labute approximate surface area is 158 Å². The molecule has 0 unspecified atom stereocenters. The maximum Gasteiger partial charge on any atom is 0.233 e. The molecule has 1 saturated heterocycles. The third-order valence-electron chi connectivity index (χ3n) is 5.46. The Hall–Kier alpha value is -2.95. The number of nitrogens with zero attached hydrogens (tertiary/aromatic N) is 1. The van der Waals surface area contributed by atoms with Crippen LogP contribution >= 0.6 is 0 Å². The summed E-state index contributed by atoms with van der Waals surface area (Å²) in [4.78, 5) is 38.3. The standard InChI is InChI=1S/C22H22N2O3/c25-20(23-14-15-9-10-16-5-1-2-6-17(16)13-15)11-12-24-21(26)18-7-3-4-8-19(18)22(24)27/h1-6,9-10,13,18-19H,7-8,11-12,14H2,(H,23,25)/t18-,19+. The maximum absolute atomic E-state index is 12.4. The Bertz CT molecular complexity index is 908. The second-order valence-corrected chi connectivity index (χ2v) is 7.19. The first kappa shape index (κ1) is 17.5. The fourth-order valence-corrected chi connectivity index (χ4v) is 3.94. The summed E-state index contributed by atoms with van der Waals surface area (Å²) in [7, 11) is 0. The summed E-state index contributed by atoms with van der Waals surface area (Å²) in [6.07, 6.45) is 5.32. The van der Waals surface area contributed by atoms with E-state index in [2.05, 4.69) is 17.4 Å². The zero-order valence-corrected chi connectivity index (χ0v) is 15.1. The maximum atomic E-state index is 12.4. The molecule has 0 spiro atoms. The highest BCUT2D eigenvalue weighted by Gasteiger charge is 2.46. The van der Waals surface area contributed by atoms with Gasteiger partial charge in [0.1, 0.15) is 0 Å². The molecule has 27 heavy (non-hydrogen) atoms. The molecule has 2 aromatic rings. The Morgan fingerprint density at radius 3 is 2.33 bits per heavy atom. The van der Waals surface area contributed by atoms with E-state index in [-0.39, 0.29) is 42.5 Å². The summed E-state index contributed by atoms with van der Waals surface area (Å²) in [5, 5.41) is 5.17. The predicted octanol–water partition coefficient (Wildman–Crippen LogP) is 2.80. The molecule has 0 radical (unpaired) electrons. The summed E-state index contributed by atoms with van der Waals surface area (Å²) < 4.78 is 0. The van der Waals surface area contributed by atoms with Crippen molar-refractivity contribution in [1.29, 1.82) is 0 Å². The Morgan fingerprint density at radius 1 is 0.963 bits per heavy atom. The van der Waals surface area contributed by atoms with Gasteiger partial charge in [-0.25, -0.2) is 0 Å². The lowest BCUT2D eigenvalue weighted by molar-refractivity contribution is -0.140. The highest BCUT2D eigenvalue weighted by Crippen LogP contribution is 2.34. The number of rotatable bonds is 5. The number of carbonyl (C=O) groups is 3. The van der Waals surface area contributed by atoms with E-state index in [9.17, 15) is 14.4 Å². The normalized spacial score (nSPS) is 21.6. The van der Waals surface area contributed by atoms with Crippen LogP contribution in [0.5, 0.6) is 0 Å². The molecular weight excluding hydrogens is 340 g/mol. The van der Waals surface area contributed by atoms with Crippen LogP contribution in [0.15, 0.2) is 54.6 Å². The number of hydrogen-bond donors (Lipinski definition) is 1.